The number of nitrogens with one attached hydrogen (secondary N) is 1. The first-order valence-electron chi connectivity index (χ1n) is 6.24. The molecule has 0 spiro atoms. The SMILES string of the molecule is CCC(N)C(=O)Nc1ccc(C(C)CC)cc1. The molecule has 0 saturated carbocycles. The van der Waals surface area contributed by atoms with Gasteiger partial charge in [0.1, 0.15) is 0 Å². The molecule has 2 unspecified atom stereocenters. The highest BCUT2D eigenvalue weighted by molar-refractivity contribution is 5.94. The van der Waals surface area contributed by atoms with Crippen molar-refractivity contribution in [1.29, 1.82) is 0 Å². The zero-order valence-corrected chi connectivity index (χ0v) is 10.9. The molecule has 0 fully saturated rings. The third kappa shape index (κ3) is 3.86. The van der Waals surface area contributed by atoms with Crippen molar-refractivity contribution in [2.24, 2.45) is 5.73 Å². The molecular weight excluding hydrogens is 212 g/mol. The molecule has 0 saturated heterocycles. The molecule has 3 heteroatoms. The normalized spacial score (nSPS) is 14.1. The molecule has 94 valence electrons. The highest BCUT2D eigenvalue weighted by Gasteiger charge is 2.11. The summed E-state index contributed by atoms with van der Waals surface area (Å²) >= 11 is 0. The fourth-order valence-corrected chi connectivity index (χ4v) is 1.55. The first kappa shape index (κ1) is 13.7. The number of hydrogen-bond acceptors (Lipinski definition) is 2. The maximum Gasteiger partial charge on any atom is 0.241 e. The summed E-state index contributed by atoms with van der Waals surface area (Å²) in [5.41, 5.74) is 7.76. The van der Waals surface area contributed by atoms with E-state index in [1.54, 1.807) is 0 Å². The Morgan fingerprint density at radius 2 is 1.82 bits per heavy atom. The summed E-state index contributed by atoms with van der Waals surface area (Å²) in [5.74, 6) is 0.432. The quantitative estimate of drug-likeness (QED) is 0.823. The van der Waals surface area contributed by atoms with Crippen molar-refractivity contribution in [2.75, 3.05) is 5.32 Å². The lowest BCUT2D eigenvalue weighted by atomic mass is 9.98. The predicted octanol–water partition coefficient (Wildman–Crippen LogP) is 2.88. The smallest absolute Gasteiger partial charge is 0.241 e. The molecule has 0 aromatic heterocycles. The van der Waals surface area contributed by atoms with Crippen molar-refractivity contribution in [3.8, 4) is 0 Å². The number of carbonyl (C=O) groups excluding carboxylic acids is 1. The van der Waals surface area contributed by atoms with Crippen LogP contribution in [0.3, 0.4) is 0 Å². The molecule has 1 aromatic rings. The lowest BCUT2D eigenvalue weighted by Gasteiger charge is -2.12. The summed E-state index contributed by atoms with van der Waals surface area (Å²) < 4.78 is 0. The van der Waals surface area contributed by atoms with E-state index >= 15 is 0 Å². The van der Waals surface area contributed by atoms with Gasteiger partial charge in [0.15, 0.2) is 0 Å². The topological polar surface area (TPSA) is 55.1 Å². The highest BCUT2D eigenvalue weighted by atomic mass is 16.2. The Balaban J connectivity index is 2.65. The van der Waals surface area contributed by atoms with E-state index in [4.69, 9.17) is 5.73 Å². The monoisotopic (exact) mass is 234 g/mol. The van der Waals surface area contributed by atoms with E-state index in [0.717, 1.165) is 12.1 Å². The van der Waals surface area contributed by atoms with Crippen molar-refractivity contribution in [1.82, 2.24) is 0 Å². The van der Waals surface area contributed by atoms with E-state index in [1.165, 1.54) is 5.56 Å². The van der Waals surface area contributed by atoms with Crippen LogP contribution in [0.4, 0.5) is 5.69 Å². The van der Waals surface area contributed by atoms with Crippen LogP contribution in [-0.2, 0) is 4.79 Å². The van der Waals surface area contributed by atoms with Gasteiger partial charge < -0.3 is 11.1 Å². The second kappa shape index (κ2) is 6.40. The predicted molar refractivity (Wildman–Crippen MR) is 72.0 cm³/mol. The molecule has 1 amide bonds. The Labute approximate surface area is 103 Å². The van der Waals surface area contributed by atoms with E-state index in [9.17, 15) is 4.79 Å². The van der Waals surface area contributed by atoms with Gasteiger partial charge in [0.25, 0.3) is 0 Å². The Bertz CT molecular complexity index is 359. The molecule has 0 aliphatic carbocycles. The summed E-state index contributed by atoms with van der Waals surface area (Å²) in [6.45, 7) is 6.26. The minimum absolute atomic E-state index is 0.121. The van der Waals surface area contributed by atoms with Crippen molar-refractivity contribution in [3.63, 3.8) is 0 Å². The molecule has 3 nitrogen and oxygen atoms in total. The number of carbonyl (C=O) groups is 1. The molecule has 0 heterocycles. The van der Waals surface area contributed by atoms with Gasteiger partial charge in [-0.25, -0.2) is 0 Å². The molecule has 0 aliphatic heterocycles. The number of amides is 1. The third-order valence-electron chi connectivity index (χ3n) is 3.14. The first-order chi connectivity index (χ1) is 8.08. The lowest BCUT2D eigenvalue weighted by molar-refractivity contribution is -0.117. The Kier molecular flexibility index (Phi) is 5.16. The van der Waals surface area contributed by atoms with Crippen LogP contribution in [0, 0.1) is 0 Å². The third-order valence-corrected chi connectivity index (χ3v) is 3.14. The van der Waals surface area contributed by atoms with E-state index in [1.807, 2.05) is 19.1 Å². The minimum Gasteiger partial charge on any atom is -0.325 e. The van der Waals surface area contributed by atoms with Crippen molar-refractivity contribution >= 4 is 11.6 Å². The van der Waals surface area contributed by atoms with Crippen LogP contribution in [0.1, 0.15) is 45.1 Å². The second-order valence-electron chi connectivity index (χ2n) is 4.44. The van der Waals surface area contributed by atoms with Crippen molar-refractivity contribution < 1.29 is 4.79 Å². The van der Waals surface area contributed by atoms with Gasteiger partial charge in [0.05, 0.1) is 6.04 Å². The van der Waals surface area contributed by atoms with Gasteiger partial charge in [-0.2, -0.15) is 0 Å². The van der Waals surface area contributed by atoms with Gasteiger partial charge >= 0.3 is 0 Å². The largest absolute Gasteiger partial charge is 0.325 e. The van der Waals surface area contributed by atoms with Gasteiger partial charge in [0, 0.05) is 5.69 Å². The molecular formula is C14H22N2O. The fraction of sp³-hybridized carbons (Fsp3) is 0.500. The zero-order chi connectivity index (χ0) is 12.8. The number of nitrogens with two attached hydrogens (primary N) is 1. The Hall–Kier alpha value is -1.35. The van der Waals surface area contributed by atoms with Crippen LogP contribution < -0.4 is 11.1 Å². The van der Waals surface area contributed by atoms with Gasteiger partial charge in [-0.15, -0.1) is 0 Å². The van der Waals surface area contributed by atoms with Crippen molar-refractivity contribution in [3.05, 3.63) is 29.8 Å². The molecule has 0 bridgehead atoms. The summed E-state index contributed by atoms with van der Waals surface area (Å²) in [6, 6.07) is 7.55. The van der Waals surface area contributed by atoms with Gasteiger partial charge in [-0.3, -0.25) is 4.79 Å². The van der Waals surface area contributed by atoms with E-state index < -0.39 is 6.04 Å². The standard InChI is InChI=1S/C14H22N2O/c1-4-10(3)11-6-8-12(9-7-11)16-14(17)13(15)5-2/h6-10,13H,4-5,15H2,1-3H3,(H,16,17). The average molecular weight is 234 g/mol. The fourth-order valence-electron chi connectivity index (χ4n) is 1.55. The molecule has 1 aromatic carbocycles. The average Bonchev–Trinajstić information content (AvgIpc) is 2.37. The van der Waals surface area contributed by atoms with E-state index in [-0.39, 0.29) is 5.91 Å². The van der Waals surface area contributed by atoms with Gasteiger partial charge in [0.2, 0.25) is 5.91 Å². The summed E-state index contributed by atoms with van der Waals surface area (Å²) in [4.78, 5) is 11.6. The number of rotatable bonds is 5. The highest BCUT2D eigenvalue weighted by Crippen LogP contribution is 2.20. The van der Waals surface area contributed by atoms with Crippen LogP contribution in [0.5, 0.6) is 0 Å². The first-order valence-corrected chi connectivity index (χ1v) is 6.24. The number of anilines is 1. The molecule has 3 N–H and O–H groups in total. The maximum absolute atomic E-state index is 11.6. The second-order valence-corrected chi connectivity index (χ2v) is 4.44. The molecule has 17 heavy (non-hydrogen) atoms. The lowest BCUT2D eigenvalue weighted by Crippen LogP contribution is -2.34. The van der Waals surface area contributed by atoms with Crippen LogP contribution in [0.15, 0.2) is 24.3 Å². The van der Waals surface area contributed by atoms with Crippen LogP contribution in [-0.4, -0.2) is 11.9 Å². The Morgan fingerprint density at radius 3 is 2.29 bits per heavy atom. The minimum atomic E-state index is -0.427. The van der Waals surface area contributed by atoms with Crippen LogP contribution in [0.25, 0.3) is 0 Å². The van der Waals surface area contributed by atoms with Crippen LogP contribution >= 0.6 is 0 Å². The van der Waals surface area contributed by atoms with E-state index in [0.29, 0.717) is 12.3 Å². The van der Waals surface area contributed by atoms with Gasteiger partial charge in [-0.1, -0.05) is 32.9 Å². The molecule has 0 radical (unpaired) electrons. The number of benzene rings is 1. The summed E-state index contributed by atoms with van der Waals surface area (Å²) in [6.07, 6.45) is 1.77. The summed E-state index contributed by atoms with van der Waals surface area (Å²) in [7, 11) is 0. The number of hydrogen-bond donors (Lipinski definition) is 2. The van der Waals surface area contributed by atoms with Crippen LogP contribution in [0.2, 0.25) is 0 Å². The maximum atomic E-state index is 11.6. The Morgan fingerprint density at radius 1 is 1.24 bits per heavy atom. The molecule has 2 atom stereocenters. The van der Waals surface area contributed by atoms with Gasteiger partial charge in [-0.05, 0) is 36.5 Å². The summed E-state index contributed by atoms with van der Waals surface area (Å²) in [5, 5.41) is 2.81. The van der Waals surface area contributed by atoms with Crippen molar-refractivity contribution in [2.45, 2.75) is 45.6 Å². The molecule has 1 rings (SSSR count). The zero-order valence-electron chi connectivity index (χ0n) is 10.9. The van der Waals surface area contributed by atoms with E-state index in [2.05, 4.69) is 31.3 Å². The molecule has 0 aliphatic rings.